The fourth-order valence-corrected chi connectivity index (χ4v) is 2.20. The Morgan fingerprint density at radius 2 is 1.70 bits per heavy atom. The van der Waals surface area contributed by atoms with Gasteiger partial charge in [0.25, 0.3) is 0 Å². The highest BCUT2D eigenvalue weighted by molar-refractivity contribution is 5.92. The van der Waals surface area contributed by atoms with E-state index in [2.05, 4.69) is 40.7 Å². The Labute approximate surface area is 136 Å². The summed E-state index contributed by atoms with van der Waals surface area (Å²) < 4.78 is 0. The van der Waals surface area contributed by atoms with E-state index in [4.69, 9.17) is 5.73 Å². The molecule has 0 aliphatic heterocycles. The normalized spacial score (nSPS) is 11.1. The number of nitrogens with zero attached hydrogens (tertiary/aromatic N) is 1. The smallest absolute Gasteiger partial charge is 0.248 e. The standard InChI is InChI=1S/C18H22N4O/c1-13-4-3-5-15(10-13)12-22-18(20-2)21-11-14-6-8-16(9-7-14)17(19)23/h3-10H,11-12H2,1-2H3,(H2,19,23)(H2,20,21,22). The number of amides is 1. The zero-order valence-electron chi connectivity index (χ0n) is 13.5. The highest BCUT2D eigenvalue weighted by Gasteiger charge is 2.02. The van der Waals surface area contributed by atoms with E-state index in [0.29, 0.717) is 18.7 Å². The predicted octanol–water partition coefficient (Wildman–Crippen LogP) is 1.96. The van der Waals surface area contributed by atoms with Crippen LogP contribution in [-0.2, 0) is 13.1 Å². The van der Waals surface area contributed by atoms with Crippen molar-refractivity contribution >= 4 is 11.9 Å². The van der Waals surface area contributed by atoms with Crippen LogP contribution in [0.4, 0.5) is 0 Å². The van der Waals surface area contributed by atoms with Gasteiger partial charge in [0, 0.05) is 25.7 Å². The Hall–Kier alpha value is -2.82. The van der Waals surface area contributed by atoms with Crippen molar-refractivity contribution in [3.8, 4) is 0 Å². The third kappa shape index (κ3) is 5.14. The molecule has 0 saturated heterocycles. The second-order valence-electron chi connectivity index (χ2n) is 5.33. The fraction of sp³-hybridized carbons (Fsp3) is 0.222. The van der Waals surface area contributed by atoms with Crippen molar-refractivity contribution in [2.24, 2.45) is 10.7 Å². The Morgan fingerprint density at radius 3 is 2.26 bits per heavy atom. The van der Waals surface area contributed by atoms with Gasteiger partial charge < -0.3 is 16.4 Å². The van der Waals surface area contributed by atoms with E-state index in [1.54, 1.807) is 19.2 Å². The van der Waals surface area contributed by atoms with Crippen LogP contribution < -0.4 is 16.4 Å². The van der Waals surface area contributed by atoms with E-state index in [0.717, 1.165) is 11.5 Å². The van der Waals surface area contributed by atoms with Gasteiger partial charge in [-0.15, -0.1) is 0 Å². The molecule has 23 heavy (non-hydrogen) atoms. The molecule has 120 valence electrons. The lowest BCUT2D eigenvalue weighted by molar-refractivity contribution is 0.100. The molecule has 0 unspecified atom stereocenters. The summed E-state index contributed by atoms with van der Waals surface area (Å²) in [6.45, 7) is 3.40. The summed E-state index contributed by atoms with van der Waals surface area (Å²) in [4.78, 5) is 15.3. The van der Waals surface area contributed by atoms with Crippen LogP contribution in [0.15, 0.2) is 53.5 Å². The molecular weight excluding hydrogens is 288 g/mol. The second-order valence-corrected chi connectivity index (χ2v) is 5.33. The average molecular weight is 310 g/mol. The number of benzene rings is 2. The molecule has 1 amide bonds. The second kappa shape index (κ2) is 7.98. The molecule has 0 bridgehead atoms. The number of hydrogen-bond donors (Lipinski definition) is 3. The van der Waals surface area contributed by atoms with Crippen molar-refractivity contribution in [1.82, 2.24) is 10.6 Å². The van der Waals surface area contributed by atoms with Gasteiger partial charge in [-0.25, -0.2) is 0 Å². The number of nitrogens with two attached hydrogens (primary N) is 1. The van der Waals surface area contributed by atoms with Gasteiger partial charge >= 0.3 is 0 Å². The first-order chi connectivity index (χ1) is 11.1. The van der Waals surface area contributed by atoms with Crippen molar-refractivity contribution < 1.29 is 4.79 Å². The highest BCUT2D eigenvalue weighted by Crippen LogP contribution is 2.04. The summed E-state index contributed by atoms with van der Waals surface area (Å²) in [6.07, 6.45) is 0. The number of rotatable bonds is 5. The van der Waals surface area contributed by atoms with Gasteiger partial charge in [-0.3, -0.25) is 9.79 Å². The minimum absolute atomic E-state index is 0.417. The van der Waals surface area contributed by atoms with Crippen LogP contribution >= 0.6 is 0 Å². The number of carbonyl (C=O) groups is 1. The molecule has 0 aliphatic carbocycles. The zero-order valence-corrected chi connectivity index (χ0v) is 13.5. The maximum Gasteiger partial charge on any atom is 0.248 e. The van der Waals surface area contributed by atoms with Crippen LogP contribution in [0.3, 0.4) is 0 Å². The molecule has 0 atom stereocenters. The first-order valence-corrected chi connectivity index (χ1v) is 7.47. The van der Waals surface area contributed by atoms with E-state index in [1.807, 2.05) is 18.2 Å². The summed E-state index contributed by atoms with van der Waals surface area (Å²) in [7, 11) is 1.74. The van der Waals surface area contributed by atoms with Crippen LogP contribution in [0, 0.1) is 6.92 Å². The fourth-order valence-electron chi connectivity index (χ4n) is 2.20. The molecule has 0 fully saturated rings. The van der Waals surface area contributed by atoms with E-state index < -0.39 is 5.91 Å². The third-order valence-corrected chi connectivity index (χ3v) is 3.46. The molecule has 2 aromatic rings. The van der Waals surface area contributed by atoms with Crippen molar-refractivity contribution in [2.45, 2.75) is 20.0 Å². The first-order valence-electron chi connectivity index (χ1n) is 7.47. The van der Waals surface area contributed by atoms with Gasteiger partial charge in [0.1, 0.15) is 0 Å². The van der Waals surface area contributed by atoms with E-state index in [-0.39, 0.29) is 0 Å². The van der Waals surface area contributed by atoms with Crippen LogP contribution in [-0.4, -0.2) is 18.9 Å². The number of primary amides is 1. The van der Waals surface area contributed by atoms with Crippen LogP contribution in [0.1, 0.15) is 27.0 Å². The number of hydrogen-bond acceptors (Lipinski definition) is 2. The third-order valence-electron chi connectivity index (χ3n) is 3.46. The van der Waals surface area contributed by atoms with Gasteiger partial charge in [0.05, 0.1) is 0 Å². The number of aryl methyl sites for hydroxylation is 1. The average Bonchev–Trinajstić information content (AvgIpc) is 2.55. The molecule has 0 heterocycles. The van der Waals surface area contributed by atoms with Crippen molar-refractivity contribution in [1.29, 1.82) is 0 Å². The number of aliphatic imine (C=N–C) groups is 1. The first kappa shape index (κ1) is 16.5. The summed E-state index contributed by atoms with van der Waals surface area (Å²) in [5.74, 6) is 0.311. The van der Waals surface area contributed by atoms with Gasteiger partial charge in [-0.2, -0.15) is 0 Å². The Kier molecular flexibility index (Phi) is 5.74. The Morgan fingerprint density at radius 1 is 1.04 bits per heavy atom. The number of nitrogens with one attached hydrogen (secondary N) is 2. The lowest BCUT2D eigenvalue weighted by Gasteiger charge is -2.12. The van der Waals surface area contributed by atoms with Crippen molar-refractivity contribution in [3.05, 3.63) is 70.8 Å². The van der Waals surface area contributed by atoms with Gasteiger partial charge in [0.15, 0.2) is 5.96 Å². The topological polar surface area (TPSA) is 79.5 Å². The summed E-state index contributed by atoms with van der Waals surface area (Å²) in [6, 6.07) is 15.5. The van der Waals surface area contributed by atoms with Gasteiger partial charge in [0.2, 0.25) is 5.91 Å². The van der Waals surface area contributed by atoms with Crippen molar-refractivity contribution in [3.63, 3.8) is 0 Å². The molecular formula is C18H22N4O. The lowest BCUT2D eigenvalue weighted by Crippen LogP contribution is -2.36. The maximum absolute atomic E-state index is 11.0. The number of guanidine groups is 1. The van der Waals surface area contributed by atoms with Crippen LogP contribution in [0.5, 0.6) is 0 Å². The van der Waals surface area contributed by atoms with Crippen LogP contribution in [0.2, 0.25) is 0 Å². The zero-order chi connectivity index (χ0) is 16.7. The largest absolute Gasteiger partial charge is 0.366 e. The molecule has 4 N–H and O–H groups in total. The van der Waals surface area contributed by atoms with Crippen LogP contribution in [0.25, 0.3) is 0 Å². The van der Waals surface area contributed by atoms with E-state index in [1.165, 1.54) is 11.1 Å². The van der Waals surface area contributed by atoms with Gasteiger partial charge in [-0.05, 0) is 30.2 Å². The summed E-state index contributed by atoms with van der Waals surface area (Å²) in [5.41, 5.74) is 9.23. The maximum atomic E-state index is 11.0. The monoisotopic (exact) mass is 310 g/mol. The lowest BCUT2D eigenvalue weighted by atomic mass is 10.1. The van der Waals surface area contributed by atoms with E-state index >= 15 is 0 Å². The quantitative estimate of drug-likeness (QED) is 0.583. The molecule has 0 aromatic heterocycles. The highest BCUT2D eigenvalue weighted by atomic mass is 16.1. The van der Waals surface area contributed by atoms with Gasteiger partial charge in [-0.1, -0.05) is 42.0 Å². The molecule has 0 aliphatic rings. The molecule has 0 spiro atoms. The SMILES string of the molecule is CN=C(NCc1ccc(C(N)=O)cc1)NCc1cccc(C)c1. The molecule has 5 heteroatoms. The molecule has 0 saturated carbocycles. The Bertz CT molecular complexity index is 692. The van der Waals surface area contributed by atoms with Crippen molar-refractivity contribution in [2.75, 3.05) is 7.05 Å². The summed E-state index contributed by atoms with van der Waals surface area (Å²) in [5, 5.41) is 6.52. The molecule has 2 aromatic carbocycles. The molecule has 2 rings (SSSR count). The minimum Gasteiger partial charge on any atom is -0.366 e. The summed E-state index contributed by atoms with van der Waals surface area (Å²) >= 11 is 0. The molecule has 0 radical (unpaired) electrons. The predicted molar refractivity (Wildman–Crippen MR) is 93.2 cm³/mol. The van der Waals surface area contributed by atoms with E-state index in [9.17, 15) is 4.79 Å². The molecule has 5 nitrogen and oxygen atoms in total. The minimum atomic E-state index is -0.417. The number of carbonyl (C=O) groups excluding carboxylic acids is 1. The Balaban J connectivity index is 1.86.